The van der Waals surface area contributed by atoms with Crippen molar-refractivity contribution in [2.24, 2.45) is 0 Å². The van der Waals surface area contributed by atoms with Crippen LogP contribution in [0.2, 0.25) is 5.15 Å². The molecule has 0 radical (unpaired) electrons. The van der Waals surface area contributed by atoms with E-state index in [-0.39, 0.29) is 22.2 Å². The Morgan fingerprint density at radius 1 is 1.15 bits per heavy atom. The first-order chi connectivity index (χ1) is 15.7. The predicted molar refractivity (Wildman–Crippen MR) is 120 cm³/mol. The van der Waals surface area contributed by atoms with Crippen molar-refractivity contribution in [2.75, 3.05) is 39.8 Å². The lowest BCUT2D eigenvalue weighted by atomic mass is 9.95. The minimum absolute atomic E-state index is 0.0416. The molecule has 4 rings (SSSR count). The Morgan fingerprint density at radius 3 is 2.55 bits per heavy atom. The molecule has 1 aliphatic heterocycles. The molecule has 0 bridgehead atoms. The summed E-state index contributed by atoms with van der Waals surface area (Å²) in [7, 11) is 2.08. The lowest BCUT2D eigenvalue weighted by Crippen LogP contribution is -2.44. The number of hydrogen-bond donors (Lipinski definition) is 2. The fraction of sp³-hybridized carbons (Fsp3) is 0.304. The molecule has 1 aromatic carbocycles. The van der Waals surface area contributed by atoms with E-state index in [0.717, 1.165) is 32.2 Å². The van der Waals surface area contributed by atoms with E-state index in [1.54, 1.807) is 18.2 Å². The molecule has 1 fully saturated rings. The SMILES string of the molecule is CN1CCN(CC#Cc2ccc(-c3cc(C(F)(F)F)n[nH]3)c(O)c2-c2ccc(Cl)nc2)CC1. The number of likely N-dealkylation sites (N-methyl/N-ethyl adjacent to an activating group) is 1. The molecule has 0 atom stereocenters. The third-order valence-corrected chi connectivity index (χ3v) is 5.70. The maximum absolute atomic E-state index is 13.0. The van der Waals surface area contributed by atoms with Gasteiger partial charge in [-0.05, 0) is 37.4 Å². The van der Waals surface area contributed by atoms with E-state index in [1.807, 2.05) is 0 Å². The van der Waals surface area contributed by atoms with Crippen LogP contribution in [0.3, 0.4) is 0 Å². The summed E-state index contributed by atoms with van der Waals surface area (Å²) < 4.78 is 39.0. The second kappa shape index (κ2) is 9.43. The summed E-state index contributed by atoms with van der Waals surface area (Å²) in [6.07, 6.45) is -3.11. The Kier molecular flexibility index (Phi) is 6.61. The van der Waals surface area contributed by atoms with Crippen molar-refractivity contribution < 1.29 is 18.3 Å². The van der Waals surface area contributed by atoms with Gasteiger partial charge in [0.05, 0.1) is 12.2 Å². The molecule has 172 valence electrons. The Balaban J connectivity index is 1.71. The zero-order valence-electron chi connectivity index (χ0n) is 17.7. The molecular weight excluding hydrogens is 455 g/mol. The van der Waals surface area contributed by atoms with E-state index in [1.165, 1.54) is 12.3 Å². The van der Waals surface area contributed by atoms with Crippen LogP contribution in [0.25, 0.3) is 22.4 Å². The summed E-state index contributed by atoms with van der Waals surface area (Å²) in [5, 5.41) is 17.0. The van der Waals surface area contributed by atoms with Crippen molar-refractivity contribution in [3.63, 3.8) is 0 Å². The molecule has 10 heteroatoms. The van der Waals surface area contributed by atoms with Crippen molar-refractivity contribution in [3.05, 3.63) is 52.9 Å². The van der Waals surface area contributed by atoms with Gasteiger partial charge in [-0.15, -0.1) is 0 Å². The second-order valence-corrected chi connectivity index (χ2v) is 8.19. The zero-order chi connectivity index (χ0) is 23.6. The van der Waals surface area contributed by atoms with Gasteiger partial charge in [-0.3, -0.25) is 10.00 Å². The average Bonchev–Trinajstić information content (AvgIpc) is 3.27. The second-order valence-electron chi connectivity index (χ2n) is 7.80. The number of nitrogens with one attached hydrogen (secondary N) is 1. The monoisotopic (exact) mass is 475 g/mol. The highest BCUT2D eigenvalue weighted by Gasteiger charge is 2.34. The van der Waals surface area contributed by atoms with Gasteiger partial charge in [-0.1, -0.05) is 23.4 Å². The van der Waals surface area contributed by atoms with Crippen LogP contribution in [0.5, 0.6) is 5.75 Å². The van der Waals surface area contributed by atoms with Gasteiger partial charge in [0.1, 0.15) is 10.9 Å². The summed E-state index contributed by atoms with van der Waals surface area (Å²) in [6.45, 7) is 4.37. The van der Waals surface area contributed by atoms with E-state index in [0.29, 0.717) is 23.2 Å². The standard InChI is InChI=1S/C23H21ClF3N5O/c1-31-9-11-32(12-10-31)8-2-3-15-4-6-17(18-13-19(30-29-18)23(25,26)27)22(33)21(15)16-5-7-20(24)28-14-16/h4-7,13-14,33H,8-12H2,1H3,(H,29,30). The third kappa shape index (κ3) is 5.30. The molecule has 0 unspecified atom stereocenters. The number of aromatic hydroxyl groups is 1. The number of nitrogens with zero attached hydrogens (tertiary/aromatic N) is 4. The molecule has 3 aromatic rings. The number of pyridine rings is 1. The number of aromatic amines is 1. The van der Waals surface area contributed by atoms with Crippen molar-refractivity contribution in [2.45, 2.75) is 6.18 Å². The molecule has 0 saturated carbocycles. The quantitative estimate of drug-likeness (QED) is 0.440. The van der Waals surface area contributed by atoms with Gasteiger partial charge in [0.2, 0.25) is 0 Å². The highest BCUT2D eigenvalue weighted by molar-refractivity contribution is 6.29. The number of rotatable bonds is 3. The number of piperazine rings is 1. The molecule has 3 heterocycles. The van der Waals surface area contributed by atoms with Crippen LogP contribution in [0.4, 0.5) is 13.2 Å². The summed E-state index contributed by atoms with van der Waals surface area (Å²) in [6, 6.07) is 7.30. The molecule has 33 heavy (non-hydrogen) atoms. The number of H-pyrrole nitrogens is 1. The zero-order valence-corrected chi connectivity index (χ0v) is 18.5. The molecule has 2 N–H and O–H groups in total. The lowest BCUT2D eigenvalue weighted by Gasteiger charge is -2.30. The van der Waals surface area contributed by atoms with Crippen LogP contribution in [-0.2, 0) is 6.18 Å². The first kappa shape index (κ1) is 23.1. The minimum Gasteiger partial charge on any atom is -0.507 e. The van der Waals surface area contributed by atoms with Crippen molar-refractivity contribution in [1.82, 2.24) is 25.0 Å². The van der Waals surface area contributed by atoms with Gasteiger partial charge in [0, 0.05) is 54.6 Å². The van der Waals surface area contributed by atoms with Crippen LogP contribution in [-0.4, -0.2) is 69.9 Å². The normalized spacial score (nSPS) is 15.3. The lowest BCUT2D eigenvalue weighted by molar-refractivity contribution is -0.141. The van der Waals surface area contributed by atoms with Crippen LogP contribution >= 0.6 is 11.6 Å². The average molecular weight is 476 g/mol. The summed E-state index contributed by atoms with van der Waals surface area (Å²) in [5.41, 5.74) is 0.587. The molecule has 1 saturated heterocycles. The Bertz CT molecular complexity index is 1190. The van der Waals surface area contributed by atoms with Gasteiger partial charge in [-0.25, -0.2) is 4.98 Å². The van der Waals surface area contributed by atoms with Crippen LogP contribution < -0.4 is 0 Å². The number of hydrogen-bond acceptors (Lipinski definition) is 5. The molecular formula is C23H21ClF3N5O. The smallest absolute Gasteiger partial charge is 0.435 e. The van der Waals surface area contributed by atoms with Crippen LogP contribution in [0.1, 0.15) is 11.3 Å². The summed E-state index contributed by atoms with van der Waals surface area (Å²) in [4.78, 5) is 8.56. The highest BCUT2D eigenvalue weighted by Crippen LogP contribution is 2.41. The Morgan fingerprint density at radius 2 is 1.91 bits per heavy atom. The number of alkyl halides is 3. The molecule has 2 aromatic heterocycles. The molecule has 6 nitrogen and oxygen atoms in total. The topological polar surface area (TPSA) is 68.3 Å². The number of phenolic OH excluding ortho intramolecular Hbond substituents is 1. The van der Waals surface area contributed by atoms with Crippen LogP contribution in [0.15, 0.2) is 36.5 Å². The van der Waals surface area contributed by atoms with E-state index in [4.69, 9.17) is 11.6 Å². The minimum atomic E-state index is -4.60. The third-order valence-electron chi connectivity index (χ3n) is 5.47. The molecule has 0 aliphatic carbocycles. The molecule has 0 amide bonds. The van der Waals surface area contributed by atoms with Crippen LogP contribution in [0, 0.1) is 11.8 Å². The van der Waals surface area contributed by atoms with Gasteiger partial charge in [0.15, 0.2) is 5.69 Å². The fourth-order valence-corrected chi connectivity index (χ4v) is 3.70. The maximum Gasteiger partial charge on any atom is 0.435 e. The number of halogens is 4. The fourth-order valence-electron chi connectivity index (χ4n) is 3.59. The Hall–Kier alpha value is -3.06. The number of benzene rings is 1. The first-order valence-corrected chi connectivity index (χ1v) is 10.6. The van der Waals surface area contributed by atoms with Gasteiger partial charge in [-0.2, -0.15) is 18.3 Å². The predicted octanol–water partition coefficient (Wildman–Crippen LogP) is 4.12. The Labute approximate surface area is 194 Å². The van der Waals surface area contributed by atoms with E-state index >= 15 is 0 Å². The van der Waals surface area contributed by atoms with Gasteiger partial charge >= 0.3 is 6.18 Å². The molecule has 0 spiro atoms. The van der Waals surface area contributed by atoms with Gasteiger partial charge in [0.25, 0.3) is 0 Å². The van der Waals surface area contributed by atoms with Crippen molar-refractivity contribution in [3.8, 4) is 40.0 Å². The van der Waals surface area contributed by atoms with E-state index in [9.17, 15) is 18.3 Å². The molecule has 1 aliphatic rings. The van der Waals surface area contributed by atoms with Gasteiger partial charge < -0.3 is 10.0 Å². The van der Waals surface area contributed by atoms with E-state index < -0.39 is 11.9 Å². The first-order valence-electron chi connectivity index (χ1n) is 10.2. The van der Waals surface area contributed by atoms with E-state index in [2.05, 4.69) is 43.9 Å². The summed E-state index contributed by atoms with van der Waals surface area (Å²) in [5.74, 6) is 6.03. The van der Waals surface area contributed by atoms with Crippen molar-refractivity contribution >= 4 is 11.6 Å². The summed E-state index contributed by atoms with van der Waals surface area (Å²) >= 11 is 5.90. The highest BCUT2D eigenvalue weighted by atomic mass is 35.5. The maximum atomic E-state index is 13.0. The number of phenols is 1. The number of aromatic nitrogens is 3. The largest absolute Gasteiger partial charge is 0.507 e. The van der Waals surface area contributed by atoms with Crippen molar-refractivity contribution in [1.29, 1.82) is 0 Å².